The lowest BCUT2D eigenvalue weighted by molar-refractivity contribution is -0.142. The fraction of sp³-hybridized carbons (Fsp3) is 0.524. The van der Waals surface area contributed by atoms with Crippen LogP contribution in [-0.2, 0) is 25.6 Å². The normalized spacial score (nSPS) is 14.8. The van der Waals surface area contributed by atoms with E-state index < -0.39 is 47.9 Å². The van der Waals surface area contributed by atoms with Crippen LogP contribution in [0.1, 0.15) is 39.7 Å². The summed E-state index contributed by atoms with van der Waals surface area (Å²) >= 11 is 0. The lowest BCUT2D eigenvalue weighted by Gasteiger charge is -2.23. The fourth-order valence-electron chi connectivity index (χ4n) is 2.75. The van der Waals surface area contributed by atoms with Gasteiger partial charge in [-0.1, -0.05) is 26.0 Å². The maximum atomic E-state index is 12.8. The molecule has 0 aliphatic heterocycles. The highest BCUT2D eigenvalue weighted by atomic mass is 16.4. The molecule has 0 bridgehead atoms. The van der Waals surface area contributed by atoms with Gasteiger partial charge in [0.2, 0.25) is 17.7 Å². The number of hydrogen-bond donors (Lipinski definition) is 6. The van der Waals surface area contributed by atoms with E-state index in [9.17, 15) is 29.4 Å². The molecule has 0 saturated carbocycles. The van der Waals surface area contributed by atoms with Gasteiger partial charge < -0.3 is 31.9 Å². The van der Waals surface area contributed by atoms with E-state index in [-0.39, 0.29) is 24.5 Å². The van der Waals surface area contributed by atoms with Crippen LogP contribution in [0.4, 0.5) is 0 Å². The first kappa shape index (κ1) is 25.9. The van der Waals surface area contributed by atoms with Crippen molar-refractivity contribution in [3.05, 3.63) is 29.8 Å². The molecule has 1 rings (SSSR count). The third-order valence-electron chi connectivity index (χ3n) is 4.50. The van der Waals surface area contributed by atoms with Gasteiger partial charge in [-0.2, -0.15) is 0 Å². The number of carbonyl (C=O) groups excluding carboxylic acids is 3. The van der Waals surface area contributed by atoms with E-state index in [4.69, 9.17) is 5.73 Å². The molecule has 1 aromatic rings. The molecule has 0 saturated heterocycles. The second-order valence-electron chi connectivity index (χ2n) is 7.98. The summed E-state index contributed by atoms with van der Waals surface area (Å²) in [6.07, 6.45) is 0.347. The zero-order valence-electron chi connectivity index (χ0n) is 18.2. The van der Waals surface area contributed by atoms with E-state index in [2.05, 4.69) is 16.0 Å². The van der Waals surface area contributed by atoms with E-state index >= 15 is 0 Å². The number of rotatable bonds is 11. The molecule has 0 aliphatic rings. The average Bonchev–Trinajstić information content (AvgIpc) is 2.67. The van der Waals surface area contributed by atoms with Gasteiger partial charge in [0.1, 0.15) is 23.9 Å². The Bertz CT molecular complexity index is 779. The maximum Gasteiger partial charge on any atom is 0.326 e. The van der Waals surface area contributed by atoms with Crippen molar-refractivity contribution < 1.29 is 29.4 Å². The highest BCUT2D eigenvalue weighted by molar-refractivity contribution is 5.94. The zero-order chi connectivity index (χ0) is 23.7. The number of nitrogens with one attached hydrogen (secondary N) is 3. The van der Waals surface area contributed by atoms with Gasteiger partial charge in [-0.3, -0.25) is 14.4 Å². The topological polar surface area (TPSA) is 171 Å². The molecular weight excluding hydrogens is 404 g/mol. The van der Waals surface area contributed by atoms with Crippen molar-refractivity contribution in [1.29, 1.82) is 0 Å². The van der Waals surface area contributed by atoms with Gasteiger partial charge >= 0.3 is 5.97 Å². The van der Waals surface area contributed by atoms with Crippen molar-refractivity contribution in [3.8, 4) is 5.75 Å². The predicted octanol–water partition coefficient (Wildman–Crippen LogP) is -0.113. The second-order valence-corrected chi connectivity index (χ2v) is 7.98. The lowest BCUT2D eigenvalue weighted by atomic mass is 10.0. The highest BCUT2D eigenvalue weighted by Gasteiger charge is 2.28. The standard InChI is InChI=1S/C21H32N4O6/c1-11(2)9-17(21(30)31)25-19(28)13(4)23-20(29)16(24-18(27)12(3)22)10-14-5-7-15(26)8-6-14/h5-8,11-13,16-17,26H,9-10,22H2,1-4H3,(H,23,29)(H,24,27)(H,25,28)(H,30,31). The Kier molecular flexibility index (Phi) is 9.94. The molecule has 1 aromatic carbocycles. The molecule has 172 valence electrons. The van der Waals surface area contributed by atoms with E-state index in [0.717, 1.165) is 0 Å². The molecule has 0 radical (unpaired) electrons. The van der Waals surface area contributed by atoms with E-state index in [0.29, 0.717) is 5.56 Å². The van der Waals surface area contributed by atoms with Crippen LogP contribution in [0.25, 0.3) is 0 Å². The summed E-state index contributed by atoms with van der Waals surface area (Å²) in [7, 11) is 0. The molecule has 7 N–H and O–H groups in total. The van der Waals surface area contributed by atoms with E-state index in [1.807, 2.05) is 13.8 Å². The number of nitrogens with two attached hydrogens (primary N) is 1. The molecule has 0 aliphatic carbocycles. The second kappa shape index (κ2) is 11.9. The minimum atomic E-state index is -1.16. The number of phenolic OH excluding ortho intramolecular Hbond substituents is 1. The van der Waals surface area contributed by atoms with Crippen LogP contribution < -0.4 is 21.7 Å². The first-order chi connectivity index (χ1) is 14.4. The minimum absolute atomic E-state index is 0.0504. The largest absolute Gasteiger partial charge is 0.508 e. The molecule has 31 heavy (non-hydrogen) atoms. The van der Waals surface area contributed by atoms with Gasteiger partial charge in [0.15, 0.2) is 0 Å². The molecule has 0 fully saturated rings. The highest BCUT2D eigenvalue weighted by Crippen LogP contribution is 2.12. The number of phenols is 1. The molecule has 0 aromatic heterocycles. The third-order valence-corrected chi connectivity index (χ3v) is 4.50. The summed E-state index contributed by atoms with van der Waals surface area (Å²) in [4.78, 5) is 48.6. The maximum absolute atomic E-state index is 12.8. The van der Waals surface area contributed by atoms with Gasteiger partial charge in [-0.25, -0.2) is 4.79 Å². The summed E-state index contributed by atoms with van der Waals surface area (Å²) in [5.74, 6) is -2.86. The number of carboxylic acids is 1. The number of aliphatic carboxylic acids is 1. The molecule has 10 heteroatoms. The monoisotopic (exact) mass is 436 g/mol. The quantitative estimate of drug-likeness (QED) is 0.281. The van der Waals surface area contributed by atoms with Crippen molar-refractivity contribution in [3.63, 3.8) is 0 Å². The third kappa shape index (κ3) is 9.04. The van der Waals surface area contributed by atoms with Crippen LogP contribution in [0.2, 0.25) is 0 Å². The van der Waals surface area contributed by atoms with Crippen molar-refractivity contribution in [2.24, 2.45) is 11.7 Å². The Morgan fingerprint density at radius 3 is 1.90 bits per heavy atom. The first-order valence-corrected chi connectivity index (χ1v) is 10.1. The van der Waals surface area contributed by atoms with Crippen molar-refractivity contribution in [1.82, 2.24) is 16.0 Å². The zero-order valence-corrected chi connectivity index (χ0v) is 18.2. The number of carboxylic acid groups (broad SMARTS) is 1. The fourth-order valence-corrected chi connectivity index (χ4v) is 2.75. The van der Waals surface area contributed by atoms with Crippen molar-refractivity contribution >= 4 is 23.7 Å². The summed E-state index contributed by atoms with van der Waals surface area (Å²) in [6, 6.07) is 2.14. The number of hydrogen-bond acceptors (Lipinski definition) is 6. The average molecular weight is 437 g/mol. The van der Waals surface area contributed by atoms with Gasteiger partial charge in [-0.05, 0) is 43.9 Å². The first-order valence-electron chi connectivity index (χ1n) is 10.1. The van der Waals surface area contributed by atoms with Crippen molar-refractivity contribution in [2.45, 2.75) is 64.7 Å². The van der Waals surface area contributed by atoms with Gasteiger partial charge in [0.25, 0.3) is 0 Å². The van der Waals surface area contributed by atoms with Crippen molar-refractivity contribution in [2.75, 3.05) is 0 Å². The predicted molar refractivity (Wildman–Crippen MR) is 114 cm³/mol. The number of carbonyl (C=O) groups is 4. The molecule has 0 spiro atoms. The molecule has 4 atom stereocenters. The number of aromatic hydroxyl groups is 1. The molecule has 0 heterocycles. The molecule has 4 unspecified atom stereocenters. The van der Waals surface area contributed by atoms with Crippen LogP contribution >= 0.6 is 0 Å². The van der Waals surface area contributed by atoms with Crippen LogP contribution in [0.15, 0.2) is 24.3 Å². The smallest absolute Gasteiger partial charge is 0.326 e. The summed E-state index contributed by atoms with van der Waals surface area (Å²) in [5, 5.41) is 26.2. The summed E-state index contributed by atoms with van der Waals surface area (Å²) in [5.41, 5.74) is 6.24. The van der Waals surface area contributed by atoms with Gasteiger partial charge in [0.05, 0.1) is 6.04 Å². The van der Waals surface area contributed by atoms with Crippen LogP contribution in [-0.4, -0.2) is 58.1 Å². The van der Waals surface area contributed by atoms with Gasteiger partial charge in [-0.15, -0.1) is 0 Å². The van der Waals surface area contributed by atoms with Gasteiger partial charge in [0, 0.05) is 6.42 Å². The Balaban J connectivity index is 2.87. The SMILES string of the molecule is CC(C)CC(NC(=O)C(C)NC(=O)C(Cc1ccc(O)cc1)NC(=O)C(C)N)C(=O)O. The number of benzene rings is 1. The summed E-state index contributed by atoms with van der Waals surface area (Å²) in [6.45, 7) is 6.57. The van der Waals surface area contributed by atoms with Crippen LogP contribution in [0.5, 0.6) is 5.75 Å². The number of amides is 3. The van der Waals surface area contributed by atoms with Crippen LogP contribution in [0.3, 0.4) is 0 Å². The Hall–Kier alpha value is -3.14. The Labute approximate surface area is 181 Å². The van der Waals surface area contributed by atoms with E-state index in [1.54, 1.807) is 12.1 Å². The molecule has 3 amide bonds. The lowest BCUT2D eigenvalue weighted by Crippen LogP contribution is -2.56. The Morgan fingerprint density at radius 2 is 1.42 bits per heavy atom. The molecular formula is C21H32N4O6. The minimum Gasteiger partial charge on any atom is -0.508 e. The summed E-state index contributed by atoms with van der Waals surface area (Å²) < 4.78 is 0. The molecule has 10 nitrogen and oxygen atoms in total. The van der Waals surface area contributed by atoms with E-state index in [1.165, 1.54) is 26.0 Å². The Morgan fingerprint density at radius 1 is 0.871 bits per heavy atom. The van der Waals surface area contributed by atoms with Crippen LogP contribution in [0, 0.1) is 5.92 Å².